The summed E-state index contributed by atoms with van der Waals surface area (Å²) in [5, 5.41) is 16.5. The van der Waals surface area contributed by atoms with E-state index < -0.39 is 0 Å². The van der Waals surface area contributed by atoms with Crippen molar-refractivity contribution in [2.45, 2.75) is 65.0 Å². The Morgan fingerprint density at radius 3 is 2.43 bits per heavy atom. The van der Waals surface area contributed by atoms with Crippen LogP contribution in [0, 0.1) is 12.8 Å². The lowest BCUT2D eigenvalue weighted by Crippen LogP contribution is -2.49. The number of aryl methyl sites for hydroxylation is 1. The monoisotopic (exact) mass is 313 g/mol. The molecule has 1 aromatic heterocycles. The van der Waals surface area contributed by atoms with Gasteiger partial charge in [0.2, 0.25) is 0 Å². The van der Waals surface area contributed by atoms with Crippen molar-refractivity contribution in [2.24, 2.45) is 5.92 Å². The van der Waals surface area contributed by atoms with Gasteiger partial charge in [0.15, 0.2) is 5.82 Å². The Morgan fingerprint density at radius 2 is 1.83 bits per heavy atom. The Kier molecular flexibility index (Phi) is 4.48. The maximum atomic E-state index is 4.43. The lowest BCUT2D eigenvalue weighted by atomic mass is 9.76. The SMILES string of the molecule is Cc1ccc(-n2nnnc2C2(NC(C)C)CCC(C)CC2)cc1. The molecule has 0 spiro atoms. The lowest BCUT2D eigenvalue weighted by molar-refractivity contribution is 0.170. The molecule has 1 fully saturated rings. The van der Waals surface area contributed by atoms with Crippen molar-refractivity contribution in [1.82, 2.24) is 25.5 Å². The fourth-order valence-corrected chi connectivity index (χ4v) is 3.59. The predicted octanol–water partition coefficient (Wildman–Crippen LogP) is 3.37. The van der Waals surface area contributed by atoms with Gasteiger partial charge in [0.25, 0.3) is 0 Å². The van der Waals surface area contributed by atoms with Gasteiger partial charge in [-0.3, -0.25) is 0 Å². The minimum Gasteiger partial charge on any atom is -0.302 e. The van der Waals surface area contributed by atoms with Crippen LogP contribution in [0.4, 0.5) is 0 Å². The molecule has 1 aliphatic carbocycles. The normalized spacial score (nSPS) is 25.0. The average Bonchev–Trinajstić information content (AvgIpc) is 3.00. The third kappa shape index (κ3) is 3.29. The number of benzene rings is 1. The molecule has 1 heterocycles. The van der Waals surface area contributed by atoms with Crippen LogP contribution in [0.15, 0.2) is 24.3 Å². The zero-order valence-corrected chi connectivity index (χ0v) is 14.6. The first-order valence-electron chi connectivity index (χ1n) is 8.64. The maximum Gasteiger partial charge on any atom is 0.176 e. The van der Waals surface area contributed by atoms with E-state index in [4.69, 9.17) is 0 Å². The van der Waals surface area contributed by atoms with E-state index in [1.54, 1.807) is 0 Å². The van der Waals surface area contributed by atoms with E-state index >= 15 is 0 Å². The fourth-order valence-electron chi connectivity index (χ4n) is 3.59. The zero-order chi connectivity index (χ0) is 16.4. The van der Waals surface area contributed by atoms with Gasteiger partial charge in [-0.25, -0.2) is 0 Å². The first-order valence-corrected chi connectivity index (χ1v) is 8.64. The highest BCUT2D eigenvalue weighted by Crippen LogP contribution is 2.39. The molecule has 23 heavy (non-hydrogen) atoms. The Bertz CT molecular complexity index is 636. The van der Waals surface area contributed by atoms with Crippen LogP contribution in [-0.2, 0) is 5.54 Å². The van der Waals surface area contributed by atoms with Gasteiger partial charge >= 0.3 is 0 Å². The van der Waals surface area contributed by atoms with Crippen molar-refractivity contribution in [1.29, 1.82) is 0 Å². The number of rotatable bonds is 4. The quantitative estimate of drug-likeness (QED) is 0.940. The summed E-state index contributed by atoms with van der Waals surface area (Å²) >= 11 is 0. The summed E-state index contributed by atoms with van der Waals surface area (Å²) in [6.07, 6.45) is 4.58. The molecule has 5 heteroatoms. The van der Waals surface area contributed by atoms with Crippen LogP contribution in [0.2, 0.25) is 0 Å². The van der Waals surface area contributed by atoms with E-state index in [0.717, 1.165) is 30.3 Å². The molecule has 1 aromatic carbocycles. The highest BCUT2D eigenvalue weighted by molar-refractivity contribution is 5.35. The van der Waals surface area contributed by atoms with Crippen LogP contribution in [0.3, 0.4) is 0 Å². The van der Waals surface area contributed by atoms with Crippen LogP contribution < -0.4 is 5.32 Å². The molecule has 5 nitrogen and oxygen atoms in total. The molecule has 0 bridgehead atoms. The fraction of sp³-hybridized carbons (Fsp3) is 0.611. The second-order valence-corrected chi connectivity index (χ2v) is 7.31. The molecule has 0 radical (unpaired) electrons. The topological polar surface area (TPSA) is 55.6 Å². The first-order chi connectivity index (χ1) is 11.0. The van der Waals surface area contributed by atoms with Gasteiger partial charge in [-0.1, -0.05) is 24.6 Å². The van der Waals surface area contributed by atoms with Crippen molar-refractivity contribution in [3.8, 4) is 5.69 Å². The van der Waals surface area contributed by atoms with Crippen LogP contribution >= 0.6 is 0 Å². The second-order valence-electron chi connectivity index (χ2n) is 7.31. The van der Waals surface area contributed by atoms with Crippen molar-refractivity contribution in [3.05, 3.63) is 35.7 Å². The van der Waals surface area contributed by atoms with E-state index in [1.807, 2.05) is 4.68 Å². The van der Waals surface area contributed by atoms with Gasteiger partial charge in [0.1, 0.15) is 0 Å². The number of nitrogens with one attached hydrogen (secondary N) is 1. The van der Waals surface area contributed by atoms with Gasteiger partial charge < -0.3 is 5.32 Å². The molecule has 0 saturated heterocycles. The van der Waals surface area contributed by atoms with Gasteiger partial charge in [-0.2, -0.15) is 4.68 Å². The maximum absolute atomic E-state index is 4.43. The Hall–Kier alpha value is -1.75. The van der Waals surface area contributed by atoms with E-state index in [9.17, 15) is 0 Å². The van der Waals surface area contributed by atoms with Gasteiger partial charge in [-0.05, 0) is 74.9 Å². The van der Waals surface area contributed by atoms with Crippen LogP contribution in [0.25, 0.3) is 5.69 Å². The van der Waals surface area contributed by atoms with Gasteiger partial charge in [0.05, 0.1) is 11.2 Å². The van der Waals surface area contributed by atoms with Crippen LogP contribution in [0.5, 0.6) is 0 Å². The highest BCUT2D eigenvalue weighted by Gasteiger charge is 2.40. The molecule has 0 atom stereocenters. The molecule has 1 saturated carbocycles. The summed E-state index contributed by atoms with van der Waals surface area (Å²) in [6.45, 7) is 8.82. The molecule has 3 rings (SSSR count). The summed E-state index contributed by atoms with van der Waals surface area (Å²) in [5.74, 6) is 1.72. The van der Waals surface area contributed by atoms with E-state index in [2.05, 4.69) is 72.8 Å². The van der Waals surface area contributed by atoms with Crippen LogP contribution in [0.1, 0.15) is 57.8 Å². The summed E-state index contributed by atoms with van der Waals surface area (Å²) in [6, 6.07) is 8.78. The minimum absolute atomic E-state index is 0.130. The molecule has 0 aliphatic heterocycles. The standard InChI is InChI=1S/C18H27N5/c1-13(2)19-18(11-9-15(4)10-12-18)17-20-21-22-23(17)16-7-5-14(3)6-8-16/h5-8,13,15,19H,9-12H2,1-4H3. The van der Waals surface area contributed by atoms with E-state index in [-0.39, 0.29) is 5.54 Å². The van der Waals surface area contributed by atoms with Crippen LogP contribution in [-0.4, -0.2) is 26.2 Å². The Morgan fingerprint density at radius 1 is 1.17 bits per heavy atom. The van der Waals surface area contributed by atoms with Gasteiger partial charge in [-0.15, -0.1) is 5.10 Å². The number of tetrazole rings is 1. The second kappa shape index (κ2) is 6.40. The highest BCUT2D eigenvalue weighted by atomic mass is 15.6. The minimum atomic E-state index is -0.130. The first kappa shape index (κ1) is 16.1. The summed E-state index contributed by atoms with van der Waals surface area (Å²) in [5.41, 5.74) is 2.14. The molecule has 0 amide bonds. The van der Waals surface area contributed by atoms with Crippen molar-refractivity contribution >= 4 is 0 Å². The lowest BCUT2D eigenvalue weighted by Gasteiger charge is -2.40. The number of hydrogen-bond acceptors (Lipinski definition) is 4. The summed E-state index contributed by atoms with van der Waals surface area (Å²) in [7, 11) is 0. The molecular weight excluding hydrogens is 286 g/mol. The summed E-state index contributed by atoms with van der Waals surface area (Å²) in [4.78, 5) is 0. The molecule has 2 aromatic rings. The average molecular weight is 313 g/mol. The van der Waals surface area contributed by atoms with Crippen molar-refractivity contribution in [3.63, 3.8) is 0 Å². The summed E-state index contributed by atoms with van der Waals surface area (Å²) < 4.78 is 1.91. The van der Waals surface area contributed by atoms with Crippen molar-refractivity contribution in [2.75, 3.05) is 0 Å². The molecule has 124 valence electrons. The molecule has 1 aliphatic rings. The van der Waals surface area contributed by atoms with Crippen molar-refractivity contribution < 1.29 is 0 Å². The Labute approximate surface area is 138 Å². The third-order valence-electron chi connectivity index (χ3n) is 4.87. The van der Waals surface area contributed by atoms with E-state index in [1.165, 1.54) is 18.4 Å². The largest absolute Gasteiger partial charge is 0.302 e. The predicted molar refractivity (Wildman–Crippen MR) is 91.5 cm³/mol. The number of aromatic nitrogens is 4. The smallest absolute Gasteiger partial charge is 0.176 e. The van der Waals surface area contributed by atoms with E-state index in [0.29, 0.717) is 6.04 Å². The molecular formula is C18H27N5. The van der Waals surface area contributed by atoms with Gasteiger partial charge in [0, 0.05) is 6.04 Å². The molecule has 1 N–H and O–H groups in total. The number of nitrogens with zero attached hydrogens (tertiary/aromatic N) is 4. The Balaban J connectivity index is 2.01. The molecule has 0 unspecified atom stereocenters. The zero-order valence-electron chi connectivity index (χ0n) is 14.6. The third-order valence-corrected chi connectivity index (χ3v) is 4.87. The number of hydrogen-bond donors (Lipinski definition) is 1.